The second-order valence-corrected chi connectivity index (χ2v) is 7.24. The van der Waals surface area contributed by atoms with E-state index in [-0.39, 0.29) is 17.3 Å². The molecule has 0 bridgehead atoms. The number of hydrogen-bond acceptors (Lipinski definition) is 3. The Morgan fingerprint density at radius 1 is 1.05 bits per heavy atom. The van der Waals surface area contributed by atoms with Gasteiger partial charge in [-0.3, -0.25) is 0 Å². The molecule has 6 heteroatoms. The Bertz CT molecular complexity index is 747. The van der Waals surface area contributed by atoms with Crippen molar-refractivity contribution in [3.8, 4) is 0 Å². The van der Waals surface area contributed by atoms with Crippen LogP contribution in [0.4, 0.5) is 4.39 Å². The predicted octanol–water partition coefficient (Wildman–Crippen LogP) is 2.32. The molecule has 116 valence electrons. The summed E-state index contributed by atoms with van der Waals surface area (Å²) in [6.45, 7) is 0.0409. The average Bonchev–Trinajstić information content (AvgIpc) is 2.92. The van der Waals surface area contributed by atoms with Crippen LogP contribution >= 0.6 is 0 Å². The third-order valence-corrected chi connectivity index (χ3v) is 5.73. The van der Waals surface area contributed by atoms with Crippen molar-refractivity contribution in [2.75, 3.05) is 6.54 Å². The Kier molecular flexibility index (Phi) is 3.99. The largest absolute Gasteiger partial charge is 0.392 e. The van der Waals surface area contributed by atoms with Gasteiger partial charge in [-0.25, -0.2) is 12.8 Å². The lowest BCUT2D eigenvalue weighted by atomic mass is 10.0. The lowest BCUT2D eigenvalue weighted by Crippen LogP contribution is -2.31. The van der Waals surface area contributed by atoms with Gasteiger partial charge < -0.3 is 5.11 Å². The van der Waals surface area contributed by atoms with Gasteiger partial charge in [-0.15, -0.1) is 0 Å². The maximum absolute atomic E-state index is 13.1. The number of rotatable bonds is 3. The minimum absolute atomic E-state index is 0.0409. The summed E-state index contributed by atoms with van der Waals surface area (Å²) in [5.74, 6) is -0.375. The van der Waals surface area contributed by atoms with E-state index in [2.05, 4.69) is 0 Å². The highest BCUT2D eigenvalue weighted by Gasteiger charge is 2.40. The highest BCUT2D eigenvalue weighted by molar-refractivity contribution is 7.89. The Labute approximate surface area is 128 Å². The first kappa shape index (κ1) is 15.1. The zero-order valence-corrected chi connectivity index (χ0v) is 12.6. The van der Waals surface area contributed by atoms with Gasteiger partial charge in [0.2, 0.25) is 10.0 Å². The molecule has 1 aliphatic rings. The van der Waals surface area contributed by atoms with E-state index >= 15 is 0 Å². The summed E-state index contributed by atoms with van der Waals surface area (Å²) in [6.07, 6.45) is -0.425. The summed E-state index contributed by atoms with van der Waals surface area (Å²) in [7, 11) is -3.70. The summed E-state index contributed by atoms with van der Waals surface area (Å²) in [5, 5.41) is 9.92. The summed E-state index contributed by atoms with van der Waals surface area (Å²) in [5.41, 5.74) is 0.678. The van der Waals surface area contributed by atoms with E-state index in [0.29, 0.717) is 12.0 Å². The van der Waals surface area contributed by atoms with Gasteiger partial charge in [0.1, 0.15) is 5.82 Å². The highest BCUT2D eigenvalue weighted by atomic mass is 32.2. The van der Waals surface area contributed by atoms with Crippen molar-refractivity contribution in [3.63, 3.8) is 0 Å². The fourth-order valence-corrected chi connectivity index (χ4v) is 4.45. The van der Waals surface area contributed by atoms with Crippen LogP contribution in [0, 0.1) is 5.82 Å². The first-order chi connectivity index (χ1) is 10.5. The van der Waals surface area contributed by atoms with Gasteiger partial charge in [0.05, 0.1) is 17.0 Å². The molecule has 3 rings (SSSR count). The molecule has 0 aliphatic carbocycles. The number of benzene rings is 2. The first-order valence-corrected chi connectivity index (χ1v) is 8.43. The van der Waals surface area contributed by atoms with Gasteiger partial charge in [-0.1, -0.05) is 30.3 Å². The summed E-state index contributed by atoms with van der Waals surface area (Å²) in [4.78, 5) is 0.191. The van der Waals surface area contributed by atoms with Gasteiger partial charge in [-0.2, -0.15) is 4.31 Å². The standard InChI is InChI=1S/C16H16FNO3S/c17-13-8-6-12(7-9-13)16-10-14(19)11-18(16)22(20,21)15-4-2-1-3-5-15/h1-9,14,16,19H,10-11H2. The zero-order valence-electron chi connectivity index (χ0n) is 11.8. The Morgan fingerprint density at radius 3 is 2.32 bits per heavy atom. The SMILES string of the molecule is O=S(=O)(c1ccccc1)N1CC(O)CC1c1ccc(F)cc1. The third kappa shape index (κ3) is 2.77. The van der Waals surface area contributed by atoms with Crippen molar-refractivity contribution in [2.24, 2.45) is 0 Å². The molecule has 0 saturated carbocycles. The molecular formula is C16H16FNO3S. The van der Waals surface area contributed by atoms with Crippen LogP contribution in [0.1, 0.15) is 18.0 Å². The fourth-order valence-electron chi connectivity index (χ4n) is 2.77. The summed E-state index contributed by atoms with van der Waals surface area (Å²) < 4.78 is 39.9. The lowest BCUT2D eigenvalue weighted by molar-refractivity contribution is 0.188. The molecule has 2 aromatic rings. The molecule has 0 aromatic heterocycles. The Morgan fingerprint density at radius 2 is 1.68 bits per heavy atom. The molecule has 0 spiro atoms. The zero-order chi connectivity index (χ0) is 15.7. The molecule has 2 aromatic carbocycles. The van der Waals surface area contributed by atoms with Crippen molar-refractivity contribution in [2.45, 2.75) is 23.5 Å². The molecule has 1 N–H and O–H groups in total. The fraction of sp³-hybridized carbons (Fsp3) is 0.250. The van der Waals surface area contributed by atoms with Gasteiger partial charge in [0, 0.05) is 6.54 Å². The number of nitrogens with zero attached hydrogens (tertiary/aromatic N) is 1. The third-order valence-electron chi connectivity index (χ3n) is 3.84. The highest BCUT2D eigenvalue weighted by Crippen LogP contribution is 2.36. The van der Waals surface area contributed by atoms with Crippen molar-refractivity contribution >= 4 is 10.0 Å². The van der Waals surface area contributed by atoms with Gasteiger partial charge in [0.25, 0.3) is 0 Å². The van der Waals surface area contributed by atoms with E-state index in [9.17, 15) is 17.9 Å². The minimum atomic E-state index is -3.70. The maximum Gasteiger partial charge on any atom is 0.243 e. The molecule has 2 unspecified atom stereocenters. The van der Waals surface area contributed by atoms with Crippen LogP contribution in [0.5, 0.6) is 0 Å². The first-order valence-electron chi connectivity index (χ1n) is 6.99. The molecule has 2 atom stereocenters. The predicted molar refractivity (Wildman–Crippen MR) is 80.1 cm³/mol. The molecule has 1 fully saturated rings. The molecule has 1 aliphatic heterocycles. The number of aliphatic hydroxyl groups excluding tert-OH is 1. The van der Waals surface area contributed by atoms with E-state index in [1.54, 1.807) is 30.3 Å². The van der Waals surface area contributed by atoms with E-state index in [4.69, 9.17) is 0 Å². The maximum atomic E-state index is 13.1. The molecule has 1 saturated heterocycles. The van der Waals surface area contributed by atoms with Crippen LogP contribution in [0.2, 0.25) is 0 Å². The van der Waals surface area contributed by atoms with Crippen LogP contribution < -0.4 is 0 Å². The normalized spacial score (nSPS) is 22.8. The van der Waals surface area contributed by atoms with Crippen LogP contribution in [0.25, 0.3) is 0 Å². The van der Waals surface area contributed by atoms with Crippen molar-refractivity contribution in [3.05, 3.63) is 66.0 Å². The van der Waals surface area contributed by atoms with Crippen LogP contribution in [-0.4, -0.2) is 30.5 Å². The van der Waals surface area contributed by atoms with Crippen molar-refractivity contribution in [1.29, 1.82) is 0 Å². The molecule has 1 heterocycles. The molecule has 0 radical (unpaired) electrons. The van der Waals surface area contributed by atoms with E-state index in [1.807, 2.05) is 0 Å². The Balaban J connectivity index is 1.99. The molecule has 0 amide bonds. The van der Waals surface area contributed by atoms with Crippen molar-refractivity contribution in [1.82, 2.24) is 4.31 Å². The second kappa shape index (κ2) is 5.79. The van der Waals surface area contributed by atoms with E-state index < -0.39 is 22.2 Å². The molecule has 4 nitrogen and oxygen atoms in total. The topological polar surface area (TPSA) is 57.6 Å². The minimum Gasteiger partial charge on any atom is -0.392 e. The van der Waals surface area contributed by atoms with Crippen LogP contribution in [0.3, 0.4) is 0 Å². The summed E-state index contributed by atoms with van der Waals surface area (Å²) >= 11 is 0. The number of aliphatic hydroxyl groups is 1. The molecule has 22 heavy (non-hydrogen) atoms. The number of sulfonamides is 1. The van der Waals surface area contributed by atoms with Crippen LogP contribution in [0.15, 0.2) is 59.5 Å². The number of halogens is 1. The number of β-amino-alcohol motifs (C(OH)–C–C–N with tert-alkyl or cyclic N) is 1. The van der Waals surface area contributed by atoms with Gasteiger partial charge >= 0.3 is 0 Å². The van der Waals surface area contributed by atoms with E-state index in [1.165, 1.54) is 28.6 Å². The molecular weight excluding hydrogens is 305 g/mol. The van der Waals surface area contributed by atoms with E-state index in [0.717, 1.165) is 0 Å². The van der Waals surface area contributed by atoms with Gasteiger partial charge in [-0.05, 0) is 36.2 Å². The quantitative estimate of drug-likeness (QED) is 0.944. The average molecular weight is 321 g/mol. The van der Waals surface area contributed by atoms with Crippen LogP contribution in [-0.2, 0) is 10.0 Å². The number of hydrogen-bond donors (Lipinski definition) is 1. The summed E-state index contributed by atoms with van der Waals surface area (Å²) in [6, 6.07) is 13.4. The monoisotopic (exact) mass is 321 g/mol. The lowest BCUT2D eigenvalue weighted by Gasteiger charge is -2.24. The Hall–Kier alpha value is -1.76. The van der Waals surface area contributed by atoms with Crippen molar-refractivity contribution < 1.29 is 17.9 Å². The smallest absolute Gasteiger partial charge is 0.243 e. The van der Waals surface area contributed by atoms with Gasteiger partial charge in [0.15, 0.2) is 0 Å². The second-order valence-electron chi connectivity index (χ2n) is 5.34.